The summed E-state index contributed by atoms with van der Waals surface area (Å²) in [7, 11) is 0. The van der Waals surface area contributed by atoms with Crippen LogP contribution in [0.15, 0.2) is 24.3 Å². The normalized spacial score (nSPS) is 13.5. The van der Waals surface area contributed by atoms with Crippen molar-refractivity contribution in [1.29, 1.82) is 0 Å². The lowest BCUT2D eigenvalue weighted by molar-refractivity contribution is -0.150. The van der Waals surface area contributed by atoms with Gasteiger partial charge in [-0.1, -0.05) is 12.1 Å². The van der Waals surface area contributed by atoms with Crippen molar-refractivity contribution < 1.29 is 23.5 Å². The van der Waals surface area contributed by atoms with Gasteiger partial charge in [-0.05, 0) is 24.6 Å². The van der Waals surface area contributed by atoms with E-state index in [0.29, 0.717) is 5.56 Å². The highest BCUT2D eigenvalue weighted by atomic mass is 19.1. The molecule has 104 valence electrons. The molecule has 0 saturated carbocycles. The summed E-state index contributed by atoms with van der Waals surface area (Å²) in [6.45, 7) is 2.92. The summed E-state index contributed by atoms with van der Waals surface area (Å²) in [5.41, 5.74) is 6.00. The van der Waals surface area contributed by atoms with Crippen molar-refractivity contribution in [2.24, 2.45) is 5.73 Å². The standard InChI is InChI=1S/C13H16FNO4/c1-3-18-13(17)11(14)12(15)9-5-4-6-10(7-9)19-8(2)16/h4-7,11-12H,3,15H2,1-2H3/t11?,12-/m0/s1. The second kappa shape index (κ2) is 6.84. The van der Waals surface area contributed by atoms with Gasteiger partial charge in [0.15, 0.2) is 0 Å². The van der Waals surface area contributed by atoms with Gasteiger partial charge in [-0.2, -0.15) is 0 Å². The molecule has 1 aromatic carbocycles. The topological polar surface area (TPSA) is 78.6 Å². The predicted octanol–water partition coefficient (Wildman–Crippen LogP) is 1.51. The van der Waals surface area contributed by atoms with Crippen molar-refractivity contribution in [3.8, 4) is 5.75 Å². The number of ether oxygens (including phenoxy) is 2. The van der Waals surface area contributed by atoms with Crippen LogP contribution in [0, 0.1) is 0 Å². The number of alkyl halides is 1. The minimum absolute atomic E-state index is 0.0828. The fraction of sp³-hybridized carbons (Fsp3) is 0.385. The number of hydrogen-bond donors (Lipinski definition) is 1. The average molecular weight is 269 g/mol. The molecular weight excluding hydrogens is 253 g/mol. The Morgan fingerprint density at radius 2 is 2.11 bits per heavy atom. The lowest BCUT2D eigenvalue weighted by atomic mass is 10.0. The van der Waals surface area contributed by atoms with Crippen LogP contribution in [0.25, 0.3) is 0 Å². The van der Waals surface area contributed by atoms with Crippen LogP contribution in [0.2, 0.25) is 0 Å². The predicted molar refractivity (Wildman–Crippen MR) is 66.2 cm³/mol. The monoisotopic (exact) mass is 269 g/mol. The molecule has 1 unspecified atom stereocenters. The zero-order valence-electron chi connectivity index (χ0n) is 10.8. The highest BCUT2D eigenvalue weighted by molar-refractivity contribution is 5.76. The van der Waals surface area contributed by atoms with Gasteiger partial charge in [0.2, 0.25) is 6.17 Å². The third kappa shape index (κ3) is 4.33. The first-order valence-electron chi connectivity index (χ1n) is 5.80. The highest BCUT2D eigenvalue weighted by Gasteiger charge is 2.27. The van der Waals surface area contributed by atoms with E-state index in [9.17, 15) is 14.0 Å². The van der Waals surface area contributed by atoms with Crippen molar-refractivity contribution in [3.05, 3.63) is 29.8 Å². The number of benzene rings is 1. The average Bonchev–Trinajstić information content (AvgIpc) is 2.36. The third-order valence-corrected chi connectivity index (χ3v) is 2.33. The van der Waals surface area contributed by atoms with Crippen LogP contribution < -0.4 is 10.5 Å². The number of halogens is 1. The Morgan fingerprint density at radius 1 is 1.42 bits per heavy atom. The Bertz CT molecular complexity index is 464. The lowest BCUT2D eigenvalue weighted by Gasteiger charge is -2.16. The summed E-state index contributed by atoms with van der Waals surface area (Å²) in [6.07, 6.45) is -1.97. The smallest absolute Gasteiger partial charge is 0.342 e. The van der Waals surface area contributed by atoms with E-state index < -0.39 is 24.2 Å². The summed E-state index contributed by atoms with van der Waals surface area (Å²) in [6, 6.07) is 4.89. The molecule has 0 spiro atoms. The molecule has 1 rings (SSSR count). The summed E-state index contributed by atoms with van der Waals surface area (Å²) in [5.74, 6) is -1.25. The number of rotatable bonds is 5. The summed E-state index contributed by atoms with van der Waals surface area (Å²) >= 11 is 0. The molecular formula is C13H16FNO4. The molecule has 0 aliphatic rings. The third-order valence-electron chi connectivity index (χ3n) is 2.33. The molecule has 0 aromatic heterocycles. The first kappa shape index (κ1) is 15.1. The molecule has 6 heteroatoms. The Labute approximate surface area is 110 Å². The van der Waals surface area contributed by atoms with Gasteiger partial charge < -0.3 is 15.2 Å². The van der Waals surface area contributed by atoms with Crippen LogP contribution >= 0.6 is 0 Å². The molecule has 0 heterocycles. The summed E-state index contributed by atoms with van der Waals surface area (Å²) in [5, 5.41) is 0. The highest BCUT2D eigenvalue weighted by Crippen LogP contribution is 2.22. The first-order valence-corrected chi connectivity index (χ1v) is 5.80. The maximum absolute atomic E-state index is 13.7. The van der Waals surface area contributed by atoms with Crippen LogP contribution in [-0.2, 0) is 14.3 Å². The van der Waals surface area contributed by atoms with Crippen LogP contribution in [0.4, 0.5) is 4.39 Å². The minimum atomic E-state index is -1.97. The van der Waals surface area contributed by atoms with Gasteiger partial charge in [-0.25, -0.2) is 9.18 Å². The van der Waals surface area contributed by atoms with Gasteiger partial charge in [-0.15, -0.1) is 0 Å². The lowest BCUT2D eigenvalue weighted by Crippen LogP contribution is -2.31. The molecule has 0 saturated heterocycles. The molecule has 0 aliphatic carbocycles. The van der Waals surface area contributed by atoms with Crippen molar-refractivity contribution in [3.63, 3.8) is 0 Å². The molecule has 0 aliphatic heterocycles. The SMILES string of the molecule is CCOC(=O)C(F)[C@@H](N)c1cccc(OC(C)=O)c1. The van der Waals surface area contributed by atoms with E-state index in [4.69, 9.17) is 10.5 Å². The van der Waals surface area contributed by atoms with Gasteiger partial charge in [0, 0.05) is 6.92 Å². The zero-order chi connectivity index (χ0) is 14.4. The van der Waals surface area contributed by atoms with Crippen molar-refractivity contribution >= 4 is 11.9 Å². The Kier molecular flexibility index (Phi) is 5.44. The fourth-order valence-electron chi connectivity index (χ4n) is 1.49. The number of esters is 2. The molecule has 0 fully saturated rings. The van der Waals surface area contributed by atoms with E-state index in [1.54, 1.807) is 19.1 Å². The Balaban J connectivity index is 2.84. The molecule has 0 amide bonds. The van der Waals surface area contributed by atoms with Crippen LogP contribution in [0.5, 0.6) is 5.75 Å². The van der Waals surface area contributed by atoms with E-state index in [1.165, 1.54) is 19.1 Å². The number of nitrogens with two attached hydrogens (primary N) is 1. The molecule has 2 atom stereocenters. The molecule has 5 nitrogen and oxygen atoms in total. The number of carbonyl (C=O) groups is 2. The maximum Gasteiger partial charge on any atom is 0.342 e. The van der Waals surface area contributed by atoms with Crippen LogP contribution in [-0.4, -0.2) is 24.7 Å². The second-order valence-electron chi connectivity index (χ2n) is 3.85. The number of carbonyl (C=O) groups excluding carboxylic acids is 2. The van der Waals surface area contributed by atoms with Gasteiger partial charge >= 0.3 is 11.9 Å². The molecule has 0 radical (unpaired) electrons. The number of hydrogen-bond acceptors (Lipinski definition) is 5. The van der Waals surface area contributed by atoms with E-state index in [0.717, 1.165) is 0 Å². The van der Waals surface area contributed by atoms with Crippen molar-refractivity contribution in [2.75, 3.05) is 6.61 Å². The van der Waals surface area contributed by atoms with Crippen LogP contribution in [0.1, 0.15) is 25.5 Å². The zero-order valence-corrected chi connectivity index (χ0v) is 10.8. The molecule has 19 heavy (non-hydrogen) atoms. The minimum Gasteiger partial charge on any atom is -0.464 e. The van der Waals surface area contributed by atoms with Gasteiger partial charge in [0.25, 0.3) is 0 Å². The van der Waals surface area contributed by atoms with Gasteiger partial charge in [0.1, 0.15) is 5.75 Å². The summed E-state index contributed by atoms with van der Waals surface area (Å²) in [4.78, 5) is 22.1. The van der Waals surface area contributed by atoms with Crippen LogP contribution in [0.3, 0.4) is 0 Å². The second-order valence-corrected chi connectivity index (χ2v) is 3.85. The first-order chi connectivity index (χ1) is 8.95. The molecule has 1 aromatic rings. The maximum atomic E-state index is 13.7. The van der Waals surface area contributed by atoms with E-state index in [2.05, 4.69) is 4.74 Å². The van der Waals surface area contributed by atoms with Gasteiger partial charge in [0.05, 0.1) is 12.6 Å². The van der Waals surface area contributed by atoms with E-state index >= 15 is 0 Å². The van der Waals surface area contributed by atoms with E-state index in [-0.39, 0.29) is 12.4 Å². The fourth-order valence-corrected chi connectivity index (χ4v) is 1.49. The summed E-state index contributed by atoms with van der Waals surface area (Å²) < 4.78 is 23.2. The quantitative estimate of drug-likeness (QED) is 0.647. The van der Waals surface area contributed by atoms with E-state index in [1.807, 2.05) is 0 Å². The Morgan fingerprint density at radius 3 is 2.68 bits per heavy atom. The molecule has 2 N–H and O–H groups in total. The van der Waals surface area contributed by atoms with Gasteiger partial charge in [-0.3, -0.25) is 4.79 Å². The van der Waals surface area contributed by atoms with Crippen molar-refractivity contribution in [1.82, 2.24) is 0 Å². The Hall–Kier alpha value is -1.95. The molecule has 0 bridgehead atoms. The largest absolute Gasteiger partial charge is 0.464 e. The van der Waals surface area contributed by atoms with Crippen molar-refractivity contribution in [2.45, 2.75) is 26.1 Å².